The van der Waals surface area contributed by atoms with Gasteiger partial charge in [-0.25, -0.2) is 4.99 Å². The van der Waals surface area contributed by atoms with Crippen molar-refractivity contribution in [1.82, 2.24) is 4.90 Å². The molecule has 1 aromatic carbocycles. The highest BCUT2D eigenvalue weighted by atomic mass is 127. The van der Waals surface area contributed by atoms with Gasteiger partial charge < -0.3 is 15.4 Å². The minimum absolute atomic E-state index is 0. The third-order valence-electron chi connectivity index (χ3n) is 3.77. The second-order valence-electron chi connectivity index (χ2n) is 5.57. The number of aliphatic imine (C=N–C) groups is 1. The van der Waals surface area contributed by atoms with Crippen LogP contribution in [0.4, 0.5) is 8.78 Å². The van der Waals surface area contributed by atoms with Gasteiger partial charge in [-0.05, 0) is 25.8 Å². The van der Waals surface area contributed by atoms with E-state index >= 15 is 0 Å². The number of rotatable bonds is 4. The second kappa shape index (κ2) is 9.89. The lowest BCUT2D eigenvalue weighted by Crippen LogP contribution is -2.38. The van der Waals surface area contributed by atoms with Crippen LogP contribution in [0.15, 0.2) is 23.2 Å². The molecule has 1 aromatic rings. The van der Waals surface area contributed by atoms with E-state index in [1.54, 1.807) is 18.2 Å². The van der Waals surface area contributed by atoms with Crippen molar-refractivity contribution in [2.24, 2.45) is 10.7 Å². The molecule has 23 heavy (non-hydrogen) atoms. The molecule has 0 spiro atoms. The Morgan fingerprint density at radius 3 is 2.52 bits per heavy atom. The van der Waals surface area contributed by atoms with Crippen molar-refractivity contribution < 1.29 is 13.5 Å². The van der Waals surface area contributed by atoms with Crippen LogP contribution in [0, 0.1) is 6.92 Å². The summed E-state index contributed by atoms with van der Waals surface area (Å²) in [5.74, 6) is 0.638. The van der Waals surface area contributed by atoms with E-state index in [-0.39, 0.29) is 36.3 Å². The summed E-state index contributed by atoms with van der Waals surface area (Å²) in [5, 5.41) is 0. The zero-order valence-corrected chi connectivity index (χ0v) is 15.6. The van der Waals surface area contributed by atoms with Gasteiger partial charge in [0.05, 0.1) is 6.54 Å². The summed E-state index contributed by atoms with van der Waals surface area (Å²) >= 11 is 0. The van der Waals surface area contributed by atoms with E-state index in [4.69, 9.17) is 5.73 Å². The lowest BCUT2D eigenvalue weighted by molar-refractivity contribution is -0.0504. The largest absolute Gasteiger partial charge is 0.434 e. The zero-order chi connectivity index (χ0) is 15.9. The molecule has 0 bridgehead atoms. The molecular weight excluding hydrogens is 415 g/mol. The van der Waals surface area contributed by atoms with E-state index in [1.807, 2.05) is 6.92 Å². The number of halogens is 3. The molecule has 0 atom stereocenters. The van der Waals surface area contributed by atoms with E-state index in [2.05, 4.69) is 14.6 Å². The van der Waals surface area contributed by atoms with Crippen LogP contribution < -0.4 is 10.5 Å². The van der Waals surface area contributed by atoms with Crippen molar-refractivity contribution >= 4 is 29.9 Å². The standard InChI is InChI=1S/C16H23F2N3O.HI/c1-12-6-7-14(22-15(17)18)13(10-12)11-20-16(19)21-8-4-2-3-5-9-21;/h6-7,10,15H,2-5,8-9,11H2,1H3,(H2,19,20);1H. The summed E-state index contributed by atoms with van der Waals surface area (Å²) in [4.78, 5) is 6.43. The van der Waals surface area contributed by atoms with Crippen LogP contribution >= 0.6 is 24.0 Å². The molecule has 0 amide bonds. The number of hydrogen-bond donors (Lipinski definition) is 1. The van der Waals surface area contributed by atoms with E-state index in [0.29, 0.717) is 11.5 Å². The quantitative estimate of drug-likeness (QED) is 0.440. The van der Waals surface area contributed by atoms with Crippen LogP contribution in [0.1, 0.15) is 36.8 Å². The van der Waals surface area contributed by atoms with Crippen molar-refractivity contribution in [3.05, 3.63) is 29.3 Å². The highest BCUT2D eigenvalue weighted by molar-refractivity contribution is 14.0. The molecule has 0 radical (unpaired) electrons. The molecule has 1 saturated heterocycles. The third-order valence-corrected chi connectivity index (χ3v) is 3.77. The molecule has 2 N–H and O–H groups in total. The predicted octanol–water partition coefficient (Wildman–Crippen LogP) is 3.91. The average molecular weight is 439 g/mol. The van der Waals surface area contributed by atoms with Gasteiger partial charge in [-0.15, -0.1) is 24.0 Å². The molecule has 0 aliphatic carbocycles. The van der Waals surface area contributed by atoms with Crippen LogP contribution in [-0.2, 0) is 6.54 Å². The minimum Gasteiger partial charge on any atom is -0.434 e. The summed E-state index contributed by atoms with van der Waals surface area (Å²) < 4.78 is 29.4. The number of alkyl halides is 2. The maximum atomic E-state index is 12.4. The lowest BCUT2D eigenvalue weighted by atomic mass is 10.1. The smallest absolute Gasteiger partial charge is 0.387 e. The third kappa shape index (κ3) is 6.48. The normalized spacial score (nSPS) is 16.0. The highest BCUT2D eigenvalue weighted by Gasteiger charge is 2.12. The van der Waals surface area contributed by atoms with Crippen LogP contribution in [0.2, 0.25) is 0 Å². The van der Waals surface area contributed by atoms with E-state index < -0.39 is 6.61 Å². The van der Waals surface area contributed by atoms with Crippen molar-refractivity contribution in [1.29, 1.82) is 0 Å². The molecule has 0 saturated carbocycles. The van der Waals surface area contributed by atoms with Gasteiger partial charge in [0, 0.05) is 18.7 Å². The van der Waals surface area contributed by atoms with Gasteiger partial charge >= 0.3 is 6.61 Å². The van der Waals surface area contributed by atoms with E-state index in [9.17, 15) is 8.78 Å². The summed E-state index contributed by atoms with van der Waals surface area (Å²) in [6.45, 7) is 1.12. The zero-order valence-electron chi connectivity index (χ0n) is 13.3. The number of nitrogens with two attached hydrogens (primary N) is 1. The monoisotopic (exact) mass is 439 g/mol. The Bertz CT molecular complexity index is 518. The predicted molar refractivity (Wildman–Crippen MR) is 98.6 cm³/mol. The summed E-state index contributed by atoms with van der Waals surface area (Å²) in [6.07, 6.45) is 4.66. The van der Waals surface area contributed by atoms with Crippen molar-refractivity contribution in [3.8, 4) is 5.75 Å². The minimum atomic E-state index is -2.84. The number of nitrogens with zero attached hydrogens (tertiary/aromatic N) is 2. The summed E-state index contributed by atoms with van der Waals surface area (Å²) in [7, 11) is 0. The highest BCUT2D eigenvalue weighted by Crippen LogP contribution is 2.23. The van der Waals surface area contributed by atoms with Gasteiger partial charge in [-0.3, -0.25) is 0 Å². The van der Waals surface area contributed by atoms with Crippen LogP contribution in [0.25, 0.3) is 0 Å². The molecule has 7 heteroatoms. The number of aryl methyl sites for hydroxylation is 1. The van der Waals surface area contributed by atoms with Crippen LogP contribution in [-0.4, -0.2) is 30.6 Å². The van der Waals surface area contributed by atoms with Gasteiger partial charge in [0.2, 0.25) is 0 Å². The van der Waals surface area contributed by atoms with Crippen molar-refractivity contribution in [3.63, 3.8) is 0 Å². The Balaban J connectivity index is 0.00000264. The fraction of sp³-hybridized carbons (Fsp3) is 0.562. The lowest BCUT2D eigenvalue weighted by Gasteiger charge is -2.21. The molecule has 1 heterocycles. The first-order valence-electron chi connectivity index (χ1n) is 7.65. The number of guanidine groups is 1. The Kier molecular flexibility index (Phi) is 8.57. The molecule has 130 valence electrons. The number of hydrogen-bond acceptors (Lipinski definition) is 2. The second-order valence-corrected chi connectivity index (χ2v) is 5.57. The Morgan fingerprint density at radius 2 is 1.91 bits per heavy atom. The van der Waals surface area contributed by atoms with E-state index in [1.165, 1.54) is 12.8 Å². The topological polar surface area (TPSA) is 50.9 Å². The molecule has 1 fully saturated rings. The molecule has 1 aliphatic heterocycles. The van der Waals surface area contributed by atoms with Gasteiger partial charge in [-0.2, -0.15) is 8.78 Å². The first-order valence-corrected chi connectivity index (χ1v) is 7.65. The maximum absolute atomic E-state index is 12.4. The SMILES string of the molecule is Cc1ccc(OC(F)F)c(CN=C(N)N2CCCCCC2)c1.I. The fourth-order valence-corrected chi connectivity index (χ4v) is 2.61. The van der Waals surface area contributed by atoms with Gasteiger partial charge in [0.25, 0.3) is 0 Å². The molecule has 2 rings (SSSR count). The molecule has 0 aromatic heterocycles. The molecule has 4 nitrogen and oxygen atoms in total. The van der Waals surface area contributed by atoms with Crippen molar-refractivity contribution in [2.75, 3.05) is 13.1 Å². The number of benzene rings is 1. The van der Waals surface area contributed by atoms with Crippen LogP contribution in [0.3, 0.4) is 0 Å². The first-order chi connectivity index (χ1) is 10.6. The Hall–Kier alpha value is -1.12. The van der Waals surface area contributed by atoms with Gasteiger partial charge in [-0.1, -0.05) is 30.5 Å². The van der Waals surface area contributed by atoms with Crippen molar-refractivity contribution in [2.45, 2.75) is 45.8 Å². The summed E-state index contributed by atoms with van der Waals surface area (Å²) in [5.41, 5.74) is 7.64. The average Bonchev–Trinajstić information content (AvgIpc) is 2.76. The Morgan fingerprint density at radius 1 is 1.26 bits per heavy atom. The molecule has 0 unspecified atom stereocenters. The number of ether oxygens (including phenoxy) is 1. The molecule has 1 aliphatic rings. The van der Waals surface area contributed by atoms with Gasteiger partial charge in [0.15, 0.2) is 5.96 Å². The Labute approximate surface area is 153 Å². The summed E-state index contributed by atoms with van der Waals surface area (Å²) in [6, 6.07) is 5.09. The maximum Gasteiger partial charge on any atom is 0.387 e. The molecular formula is C16H24F2IN3O. The van der Waals surface area contributed by atoms with Crippen LogP contribution in [0.5, 0.6) is 5.75 Å². The first kappa shape index (κ1) is 19.9. The number of likely N-dealkylation sites (tertiary alicyclic amines) is 1. The fourth-order valence-electron chi connectivity index (χ4n) is 2.61. The van der Waals surface area contributed by atoms with E-state index in [0.717, 1.165) is 31.5 Å². The van der Waals surface area contributed by atoms with Gasteiger partial charge in [0.1, 0.15) is 5.75 Å².